The zero-order valence-corrected chi connectivity index (χ0v) is 10.5. The van der Waals surface area contributed by atoms with Crippen molar-refractivity contribution >= 4 is 33.9 Å². The zero-order chi connectivity index (χ0) is 13.7. The Bertz CT molecular complexity index is 708. The number of benzene rings is 2. The molecule has 0 aliphatic carbocycles. The summed E-state index contributed by atoms with van der Waals surface area (Å²) in [5.74, 6) is 0. The number of hydrogen-bond donors (Lipinski definition) is 0. The molecule has 1 aliphatic rings. The highest BCUT2D eigenvalue weighted by Gasteiger charge is 2.29. The molecule has 0 radical (unpaired) electrons. The standard InChI is InChI=1S/C13H11N3O3/c1-14-10-5-3-4-8-9(16(18)19)6-7-11(12(8)10)15(2)13(14)17/h3-7H,1-2H3. The number of carbonyl (C=O) groups is 1. The lowest BCUT2D eigenvalue weighted by Gasteiger charge is -2.32. The third kappa shape index (κ3) is 1.40. The molecule has 0 saturated carbocycles. The van der Waals surface area contributed by atoms with Gasteiger partial charge in [0.1, 0.15) is 0 Å². The molecule has 1 aliphatic heterocycles. The smallest absolute Gasteiger partial charge is 0.296 e. The van der Waals surface area contributed by atoms with Crippen LogP contribution in [0.1, 0.15) is 0 Å². The number of carbonyl (C=O) groups excluding carboxylic acids is 1. The molecule has 0 saturated heterocycles. The molecule has 2 aromatic rings. The molecule has 0 spiro atoms. The summed E-state index contributed by atoms with van der Waals surface area (Å²) in [6, 6.07) is 8.13. The van der Waals surface area contributed by atoms with Crippen molar-refractivity contribution in [2.75, 3.05) is 23.9 Å². The molecule has 6 nitrogen and oxygen atoms in total. The fraction of sp³-hybridized carbons (Fsp3) is 0.154. The first kappa shape index (κ1) is 11.5. The normalized spacial score (nSPS) is 14.1. The molecule has 1 heterocycles. The second-order valence-corrected chi connectivity index (χ2v) is 4.46. The number of nitrogens with zero attached hydrogens (tertiary/aromatic N) is 3. The number of nitro benzene ring substituents is 1. The van der Waals surface area contributed by atoms with Crippen LogP contribution >= 0.6 is 0 Å². The average Bonchev–Trinajstić information content (AvgIpc) is 2.41. The van der Waals surface area contributed by atoms with Crippen LogP contribution in [0.5, 0.6) is 0 Å². The fourth-order valence-electron chi connectivity index (χ4n) is 2.50. The second-order valence-electron chi connectivity index (χ2n) is 4.46. The Morgan fingerprint density at radius 2 is 1.68 bits per heavy atom. The van der Waals surface area contributed by atoms with Gasteiger partial charge in [-0.25, -0.2) is 4.79 Å². The zero-order valence-electron chi connectivity index (χ0n) is 10.5. The largest absolute Gasteiger partial charge is 0.328 e. The summed E-state index contributed by atoms with van der Waals surface area (Å²) in [7, 11) is 3.32. The van der Waals surface area contributed by atoms with Gasteiger partial charge in [0.15, 0.2) is 0 Å². The van der Waals surface area contributed by atoms with E-state index in [0.29, 0.717) is 16.8 Å². The van der Waals surface area contributed by atoms with E-state index in [1.807, 2.05) is 0 Å². The Labute approximate surface area is 109 Å². The first-order valence-electron chi connectivity index (χ1n) is 5.74. The molecular formula is C13H11N3O3. The van der Waals surface area contributed by atoms with Gasteiger partial charge in [-0.2, -0.15) is 0 Å². The molecule has 0 bridgehead atoms. The van der Waals surface area contributed by atoms with Crippen molar-refractivity contribution in [3.63, 3.8) is 0 Å². The summed E-state index contributed by atoms with van der Waals surface area (Å²) in [4.78, 5) is 25.7. The van der Waals surface area contributed by atoms with Gasteiger partial charge in [-0.15, -0.1) is 0 Å². The molecule has 19 heavy (non-hydrogen) atoms. The highest BCUT2D eigenvalue weighted by molar-refractivity contribution is 6.20. The van der Waals surface area contributed by atoms with Crippen molar-refractivity contribution in [1.82, 2.24) is 0 Å². The monoisotopic (exact) mass is 257 g/mol. The van der Waals surface area contributed by atoms with Crippen LogP contribution in [-0.2, 0) is 0 Å². The minimum absolute atomic E-state index is 0.0525. The van der Waals surface area contributed by atoms with Crippen LogP contribution in [0, 0.1) is 10.1 Å². The minimum Gasteiger partial charge on any atom is -0.296 e. The summed E-state index contributed by atoms with van der Waals surface area (Å²) in [6.07, 6.45) is 0. The van der Waals surface area contributed by atoms with Gasteiger partial charge in [-0.05, 0) is 18.2 Å². The molecule has 3 rings (SSSR count). The quantitative estimate of drug-likeness (QED) is 0.582. The van der Waals surface area contributed by atoms with Crippen molar-refractivity contribution in [3.8, 4) is 0 Å². The van der Waals surface area contributed by atoms with E-state index < -0.39 is 4.92 Å². The highest BCUT2D eigenvalue weighted by atomic mass is 16.6. The highest BCUT2D eigenvalue weighted by Crippen LogP contribution is 2.42. The van der Waals surface area contributed by atoms with Crippen LogP contribution in [0.3, 0.4) is 0 Å². The van der Waals surface area contributed by atoms with Crippen LogP contribution in [0.15, 0.2) is 30.3 Å². The molecule has 6 heteroatoms. The van der Waals surface area contributed by atoms with Crippen LogP contribution < -0.4 is 9.80 Å². The van der Waals surface area contributed by atoms with E-state index in [1.54, 1.807) is 38.4 Å². The Balaban J connectivity index is 2.47. The van der Waals surface area contributed by atoms with Crippen LogP contribution in [0.4, 0.5) is 21.9 Å². The summed E-state index contributed by atoms with van der Waals surface area (Å²) >= 11 is 0. The van der Waals surface area contributed by atoms with Gasteiger partial charge >= 0.3 is 6.03 Å². The number of urea groups is 1. The average molecular weight is 257 g/mol. The Kier molecular flexibility index (Phi) is 2.22. The van der Waals surface area contributed by atoms with Gasteiger partial charge < -0.3 is 0 Å². The van der Waals surface area contributed by atoms with E-state index in [9.17, 15) is 14.9 Å². The first-order valence-corrected chi connectivity index (χ1v) is 5.74. The van der Waals surface area contributed by atoms with Crippen molar-refractivity contribution < 1.29 is 9.72 Å². The molecule has 2 amide bonds. The molecule has 0 atom stereocenters. The predicted octanol–water partition coefficient (Wildman–Crippen LogP) is 2.75. The Morgan fingerprint density at radius 1 is 1.05 bits per heavy atom. The van der Waals surface area contributed by atoms with Crippen molar-refractivity contribution in [3.05, 3.63) is 40.4 Å². The van der Waals surface area contributed by atoms with E-state index >= 15 is 0 Å². The lowest BCUT2D eigenvalue weighted by atomic mass is 10.0. The van der Waals surface area contributed by atoms with Gasteiger partial charge in [0.2, 0.25) is 0 Å². The molecule has 0 aromatic heterocycles. The lowest BCUT2D eigenvalue weighted by Crippen LogP contribution is -2.41. The lowest BCUT2D eigenvalue weighted by molar-refractivity contribution is -0.383. The molecule has 96 valence electrons. The number of anilines is 2. The Morgan fingerprint density at radius 3 is 2.32 bits per heavy atom. The van der Waals surface area contributed by atoms with Gasteiger partial charge in [-0.3, -0.25) is 19.9 Å². The van der Waals surface area contributed by atoms with Crippen LogP contribution in [-0.4, -0.2) is 25.0 Å². The third-order valence-corrected chi connectivity index (χ3v) is 3.47. The van der Waals surface area contributed by atoms with E-state index in [1.165, 1.54) is 15.9 Å². The number of hydrogen-bond acceptors (Lipinski definition) is 3. The maximum Gasteiger partial charge on any atom is 0.328 e. The molecule has 0 unspecified atom stereocenters. The van der Waals surface area contributed by atoms with Gasteiger partial charge in [0.05, 0.1) is 21.7 Å². The van der Waals surface area contributed by atoms with E-state index in [2.05, 4.69) is 0 Å². The first-order chi connectivity index (χ1) is 9.02. The maximum atomic E-state index is 12.1. The van der Waals surface area contributed by atoms with E-state index in [-0.39, 0.29) is 11.7 Å². The maximum absolute atomic E-state index is 12.1. The molecule has 0 N–H and O–H groups in total. The van der Waals surface area contributed by atoms with Gasteiger partial charge in [-0.1, -0.05) is 6.07 Å². The molecule has 2 aromatic carbocycles. The summed E-state index contributed by atoms with van der Waals surface area (Å²) in [6.45, 7) is 0. The minimum atomic E-state index is -0.403. The number of non-ortho nitro benzene ring substituents is 1. The van der Waals surface area contributed by atoms with Gasteiger partial charge in [0.25, 0.3) is 5.69 Å². The van der Waals surface area contributed by atoms with Gasteiger partial charge in [0, 0.05) is 25.5 Å². The second kappa shape index (κ2) is 3.68. The van der Waals surface area contributed by atoms with Crippen molar-refractivity contribution in [2.45, 2.75) is 0 Å². The predicted molar refractivity (Wildman–Crippen MR) is 72.8 cm³/mol. The SMILES string of the molecule is CN1C(=O)N(C)c2ccc([N+](=O)[O-])c3cccc1c23. The number of rotatable bonds is 1. The van der Waals surface area contributed by atoms with Crippen LogP contribution in [0.2, 0.25) is 0 Å². The topological polar surface area (TPSA) is 66.7 Å². The molecule has 0 fully saturated rings. The van der Waals surface area contributed by atoms with Crippen molar-refractivity contribution in [2.24, 2.45) is 0 Å². The number of amides is 2. The molecular weight excluding hydrogens is 246 g/mol. The Hall–Kier alpha value is -2.63. The fourth-order valence-corrected chi connectivity index (χ4v) is 2.50. The van der Waals surface area contributed by atoms with Crippen molar-refractivity contribution in [1.29, 1.82) is 0 Å². The summed E-state index contributed by atoms with van der Waals surface area (Å²) < 4.78 is 0. The summed E-state index contributed by atoms with van der Waals surface area (Å²) in [5, 5.41) is 12.4. The number of nitro groups is 1. The van der Waals surface area contributed by atoms with E-state index in [4.69, 9.17) is 0 Å². The van der Waals surface area contributed by atoms with Crippen LogP contribution in [0.25, 0.3) is 10.8 Å². The third-order valence-electron chi connectivity index (χ3n) is 3.47. The summed E-state index contributed by atoms with van der Waals surface area (Å²) in [5.41, 5.74) is 1.44. The van der Waals surface area contributed by atoms with E-state index in [0.717, 1.165) is 5.39 Å².